The van der Waals surface area contributed by atoms with Crippen LogP contribution in [0.25, 0.3) is 0 Å². The molecule has 1 aliphatic rings. The van der Waals surface area contributed by atoms with E-state index < -0.39 is 22.0 Å². The number of piperidine rings is 1. The van der Waals surface area contributed by atoms with Gasteiger partial charge in [-0.05, 0) is 30.5 Å². The molecule has 2 N–H and O–H groups in total. The van der Waals surface area contributed by atoms with Crippen molar-refractivity contribution in [3.8, 4) is 0 Å². The van der Waals surface area contributed by atoms with E-state index in [9.17, 15) is 18.3 Å². The summed E-state index contributed by atoms with van der Waals surface area (Å²) in [7, 11) is -3.60. The lowest BCUT2D eigenvalue weighted by molar-refractivity contribution is -0.126. The summed E-state index contributed by atoms with van der Waals surface area (Å²) in [4.78, 5) is 12.7. The van der Waals surface area contributed by atoms with Crippen molar-refractivity contribution in [1.29, 1.82) is 0 Å². The van der Waals surface area contributed by atoms with Gasteiger partial charge in [0.25, 0.3) is 0 Å². The molecule has 2 aromatic carbocycles. The quantitative estimate of drug-likeness (QED) is 0.792. The number of hydrogen-bond donors (Lipinski definition) is 2. The molecule has 0 aromatic heterocycles. The second-order valence-electron chi connectivity index (χ2n) is 6.69. The Hall–Kier alpha value is -2.22. The lowest BCUT2D eigenvalue weighted by Gasteiger charge is -2.31. The summed E-state index contributed by atoms with van der Waals surface area (Å²) in [5.41, 5.74) is 0.731. The fourth-order valence-electron chi connectivity index (χ4n) is 3.25. The fraction of sp³-hybridized carbons (Fsp3) is 0.350. The zero-order valence-corrected chi connectivity index (χ0v) is 15.8. The number of benzene rings is 2. The van der Waals surface area contributed by atoms with Gasteiger partial charge in [-0.25, -0.2) is 8.42 Å². The molecule has 3 rings (SSSR count). The summed E-state index contributed by atoms with van der Waals surface area (Å²) < 4.78 is 26.9. The second-order valence-corrected chi connectivity index (χ2v) is 8.62. The third-order valence-corrected chi connectivity index (χ3v) is 6.67. The normalized spacial score (nSPS) is 19.4. The van der Waals surface area contributed by atoms with Crippen LogP contribution in [0.2, 0.25) is 0 Å². The van der Waals surface area contributed by atoms with Crippen molar-refractivity contribution in [2.75, 3.05) is 19.6 Å². The van der Waals surface area contributed by atoms with Crippen LogP contribution in [0.3, 0.4) is 0 Å². The Morgan fingerprint density at radius 3 is 2.41 bits per heavy atom. The van der Waals surface area contributed by atoms with Crippen molar-refractivity contribution in [2.24, 2.45) is 5.92 Å². The van der Waals surface area contributed by atoms with Gasteiger partial charge in [-0.3, -0.25) is 4.79 Å². The van der Waals surface area contributed by atoms with Crippen molar-refractivity contribution in [2.45, 2.75) is 23.8 Å². The minimum Gasteiger partial charge on any atom is -0.387 e. The monoisotopic (exact) mass is 388 g/mol. The molecule has 0 aliphatic carbocycles. The van der Waals surface area contributed by atoms with Crippen molar-refractivity contribution >= 4 is 15.9 Å². The molecule has 0 spiro atoms. The minimum atomic E-state index is -3.60. The number of rotatable bonds is 6. The Bertz CT molecular complexity index is 856. The number of aliphatic hydroxyl groups excluding tert-OH is 1. The summed E-state index contributed by atoms with van der Waals surface area (Å²) in [6, 6.07) is 17.4. The average molecular weight is 388 g/mol. The summed E-state index contributed by atoms with van der Waals surface area (Å²) in [5.74, 6) is -0.641. The second kappa shape index (κ2) is 8.65. The van der Waals surface area contributed by atoms with E-state index in [1.165, 1.54) is 4.31 Å². The maximum absolute atomic E-state index is 12.8. The highest BCUT2D eigenvalue weighted by molar-refractivity contribution is 7.89. The van der Waals surface area contributed by atoms with Gasteiger partial charge in [-0.1, -0.05) is 48.5 Å². The van der Waals surface area contributed by atoms with Crippen molar-refractivity contribution in [3.05, 3.63) is 66.2 Å². The van der Waals surface area contributed by atoms with Crippen molar-refractivity contribution in [1.82, 2.24) is 9.62 Å². The van der Waals surface area contributed by atoms with Crippen LogP contribution in [0.15, 0.2) is 65.6 Å². The molecule has 2 aromatic rings. The molecule has 0 unspecified atom stereocenters. The summed E-state index contributed by atoms with van der Waals surface area (Å²) in [6.07, 6.45) is 0.474. The molecule has 27 heavy (non-hydrogen) atoms. The van der Waals surface area contributed by atoms with Crippen LogP contribution >= 0.6 is 0 Å². The zero-order valence-electron chi connectivity index (χ0n) is 15.0. The number of amides is 1. The third kappa shape index (κ3) is 4.74. The average Bonchev–Trinajstić information content (AvgIpc) is 2.73. The molecule has 2 atom stereocenters. The molecular weight excluding hydrogens is 364 g/mol. The molecule has 6 nitrogen and oxygen atoms in total. The van der Waals surface area contributed by atoms with E-state index in [0.717, 1.165) is 5.56 Å². The lowest BCUT2D eigenvalue weighted by Crippen LogP contribution is -2.46. The summed E-state index contributed by atoms with van der Waals surface area (Å²) in [6.45, 7) is 0.670. The Labute approximate surface area is 159 Å². The van der Waals surface area contributed by atoms with E-state index in [1.54, 1.807) is 42.5 Å². The van der Waals surface area contributed by atoms with Gasteiger partial charge in [0.1, 0.15) is 0 Å². The van der Waals surface area contributed by atoms with Gasteiger partial charge in [-0.15, -0.1) is 0 Å². The fourth-order valence-corrected chi connectivity index (χ4v) is 4.80. The maximum atomic E-state index is 12.8. The van der Waals surface area contributed by atoms with Gasteiger partial charge in [0.05, 0.1) is 16.9 Å². The van der Waals surface area contributed by atoms with Crippen molar-refractivity contribution in [3.63, 3.8) is 0 Å². The molecule has 0 bridgehead atoms. The highest BCUT2D eigenvalue weighted by atomic mass is 32.2. The molecular formula is C20H24N2O4S. The number of carbonyl (C=O) groups excluding carboxylic acids is 1. The summed E-state index contributed by atoms with van der Waals surface area (Å²) in [5, 5.41) is 12.9. The molecule has 7 heteroatoms. The van der Waals surface area contributed by atoms with Crippen LogP contribution in [0.5, 0.6) is 0 Å². The topological polar surface area (TPSA) is 86.7 Å². The molecule has 144 valence electrons. The highest BCUT2D eigenvalue weighted by Crippen LogP contribution is 2.24. The van der Waals surface area contributed by atoms with Gasteiger partial charge in [0.15, 0.2) is 0 Å². The molecule has 1 aliphatic heterocycles. The van der Waals surface area contributed by atoms with Crippen LogP contribution in [0.4, 0.5) is 0 Å². The largest absolute Gasteiger partial charge is 0.387 e. The number of sulfonamides is 1. The van der Waals surface area contributed by atoms with Gasteiger partial charge >= 0.3 is 0 Å². The number of hydrogen-bond acceptors (Lipinski definition) is 4. The van der Waals surface area contributed by atoms with Crippen LogP contribution < -0.4 is 5.32 Å². The molecule has 0 radical (unpaired) electrons. The summed E-state index contributed by atoms with van der Waals surface area (Å²) >= 11 is 0. The molecule has 1 fully saturated rings. The lowest BCUT2D eigenvalue weighted by atomic mass is 9.98. The first-order chi connectivity index (χ1) is 13.0. The van der Waals surface area contributed by atoms with E-state index in [1.807, 2.05) is 18.2 Å². The SMILES string of the molecule is O=C(NC[C@H](O)c1ccccc1)[C@H]1CCCN(S(=O)(=O)c2ccccc2)C1. The van der Waals surface area contributed by atoms with Crippen LogP contribution in [-0.4, -0.2) is 43.4 Å². The smallest absolute Gasteiger partial charge is 0.243 e. The van der Waals surface area contributed by atoms with Gasteiger partial charge in [0, 0.05) is 19.6 Å². The Balaban J connectivity index is 1.60. The Morgan fingerprint density at radius 1 is 1.11 bits per heavy atom. The number of nitrogens with zero attached hydrogens (tertiary/aromatic N) is 1. The van der Waals surface area contributed by atoms with Gasteiger partial charge in [-0.2, -0.15) is 4.31 Å². The first-order valence-electron chi connectivity index (χ1n) is 9.04. The van der Waals surface area contributed by atoms with Crippen molar-refractivity contribution < 1.29 is 18.3 Å². The first kappa shape index (κ1) is 19.5. The van der Waals surface area contributed by atoms with E-state index in [-0.39, 0.29) is 23.9 Å². The Kier molecular flexibility index (Phi) is 6.26. The minimum absolute atomic E-state index is 0.102. The molecule has 1 saturated heterocycles. The maximum Gasteiger partial charge on any atom is 0.243 e. The Morgan fingerprint density at radius 2 is 1.74 bits per heavy atom. The highest BCUT2D eigenvalue weighted by Gasteiger charge is 2.33. The van der Waals surface area contributed by atoms with E-state index in [2.05, 4.69) is 5.32 Å². The van der Waals surface area contributed by atoms with E-state index >= 15 is 0 Å². The van der Waals surface area contributed by atoms with Crippen LogP contribution in [0, 0.1) is 5.92 Å². The zero-order chi connectivity index (χ0) is 19.3. The third-order valence-electron chi connectivity index (χ3n) is 4.79. The molecule has 1 amide bonds. The molecule has 1 heterocycles. The number of nitrogens with one attached hydrogen (secondary N) is 1. The number of carbonyl (C=O) groups is 1. The number of aliphatic hydroxyl groups is 1. The van der Waals surface area contributed by atoms with E-state index in [0.29, 0.717) is 19.4 Å². The predicted octanol–water partition coefficient (Wildman–Crippen LogP) is 1.94. The first-order valence-corrected chi connectivity index (χ1v) is 10.5. The van der Waals surface area contributed by atoms with Crippen LogP contribution in [0.1, 0.15) is 24.5 Å². The molecule has 0 saturated carbocycles. The van der Waals surface area contributed by atoms with E-state index in [4.69, 9.17) is 0 Å². The standard InChI is InChI=1S/C20H24N2O4S/c23-19(16-8-3-1-4-9-16)14-21-20(24)17-10-7-13-22(15-17)27(25,26)18-11-5-2-6-12-18/h1-6,8-9,11-12,17,19,23H,7,10,13-15H2,(H,21,24)/t17-,19-/m0/s1. The van der Waals surface area contributed by atoms with Gasteiger partial charge in [0.2, 0.25) is 15.9 Å². The van der Waals surface area contributed by atoms with Gasteiger partial charge < -0.3 is 10.4 Å². The van der Waals surface area contributed by atoms with Crippen LogP contribution in [-0.2, 0) is 14.8 Å². The predicted molar refractivity (Wildman–Crippen MR) is 102 cm³/mol.